The van der Waals surface area contributed by atoms with Crippen LogP contribution in [0.1, 0.15) is 30.0 Å². The molecule has 3 aromatic rings. The van der Waals surface area contributed by atoms with E-state index in [1.54, 1.807) is 4.90 Å². The van der Waals surface area contributed by atoms with Gasteiger partial charge in [0.1, 0.15) is 0 Å². The van der Waals surface area contributed by atoms with Crippen molar-refractivity contribution in [2.45, 2.75) is 33.4 Å². The monoisotopic (exact) mass is 392 g/mol. The van der Waals surface area contributed by atoms with Crippen LogP contribution in [0.5, 0.6) is 0 Å². The summed E-state index contributed by atoms with van der Waals surface area (Å²) < 4.78 is 39.3. The topological polar surface area (TPSA) is 33.2 Å². The molecule has 1 aromatic heterocycles. The summed E-state index contributed by atoms with van der Waals surface area (Å²) in [6.07, 6.45) is -3.62. The predicted molar refractivity (Wildman–Crippen MR) is 104 cm³/mol. The SMILES string of the molecule is CCCN(c1ccc(C(F)(F)F)cc1)c1nc(=O)c2cc(C)cc(C)c2s1. The van der Waals surface area contributed by atoms with Gasteiger partial charge in [0.2, 0.25) is 0 Å². The lowest BCUT2D eigenvalue weighted by molar-refractivity contribution is -0.137. The molecule has 7 heteroatoms. The third kappa shape index (κ3) is 3.98. The van der Waals surface area contributed by atoms with Gasteiger partial charge in [-0.1, -0.05) is 24.3 Å². The highest BCUT2D eigenvalue weighted by Crippen LogP contribution is 2.34. The van der Waals surface area contributed by atoms with Gasteiger partial charge < -0.3 is 4.90 Å². The number of benzene rings is 2. The van der Waals surface area contributed by atoms with Crippen molar-refractivity contribution in [1.29, 1.82) is 0 Å². The molecule has 0 radical (unpaired) electrons. The molecule has 27 heavy (non-hydrogen) atoms. The van der Waals surface area contributed by atoms with E-state index in [0.717, 1.165) is 34.4 Å². The summed E-state index contributed by atoms with van der Waals surface area (Å²) in [6.45, 7) is 6.38. The number of aromatic nitrogens is 1. The summed E-state index contributed by atoms with van der Waals surface area (Å²) in [6, 6.07) is 8.77. The maximum Gasteiger partial charge on any atom is 0.416 e. The maximum absolute atomic E-state index is 12.8. The molecule has 0 unspecified atom stereocenters. The van der Waals surface area contributed by atoms with Gasteiger partial charge in [-0.2, -0.15) is 18.2 Å². The van der Waals surface area contributed by atoms with Crippen LogP contribution < -0.4 is 10.5 Å². The van der Waals surface area contributed by atoms with Gasteiger partial charge in [-0.25, -0.2) is 0 Å². The molecule has 0 bridgehead atoms. The number of halogens is 3. The van der Waals surface area contributed by atoms with Crippen molar-refractivity contribution >= 4 is 32.2 Å². The second-order valence-electron chi connectivity index (χ2n) is 6.46. The molecule has 0 aliphatic heterocycles. The average Bonchev–Trinajstić information content (AvgIpc) is 2.60. The van der Waals surface area contributed by atoms with E-state index >= 15 is 0 Å². The normalized spacial score (nSPS) is 11.8. The zero-order valence-corrected chi connectivity index (χ0v) is 16.0. The lowest BCUT2D eigenvalue weighted by Gasteiger charge is -2.23. The Hall–Kier alpha value is -2.41. The first-order chi connectivity index (χ1) is 12.7. The summed E-state index contributed by atoms with van der Waals surface area (Å²) in [5.41, 5.74) is 1.54. The van der Waals surface area contributed by atoms with Crippen LogP contribution in [0.25, 0.3) is 10.1 Å². The number of alkyl halides is 3. The summed E-state index contributed by atoms with van der Waals surface area (Å²) in [4.78, 5) is 18.6. The fraction of sp³-hybridized carbons (Fsp3) is 0.300. The first-order valence-electron chi connectivity index (χ1n) is 8.57. The molecular formula is C20H19F3N2OS. The predicted octanol–water partition coefficient (Wildman–Crippen LogP) is 5.84. The lowest BCUT2D eigenvalue weighted by atomic mass is 10.1. The zero-order valence-electron chi connectivity index (χ0n) is 15.2. The Balaban J connectivity index is 2.11. The van der Waals surface area contributed by atoms with E-state index in [9.17, 15) is 18.0 Å². The third-order valence-corrected chi connectivity index (χ3v) is 5.46. The second-order valence-corrected chi connectivity index (χ2v) is 7.43. The van der Waals surface area contributed by atoms with Gasteiger partial charge in [-0.05, 0) is 61.7 Å². The van der Waals surface area contributed by atoms with Gasteiger partial charge in [0.05, 0.1) is 10.9 Å². The van der Waals surface area contributed by atoms with Crippen molar-refractivity contribution in [2.75, 3.05) is 11.4 Å². The smallest absolute Gasteiger partial charge is 0.318 e. The Kier molecular flexibility index (Phi) is 5.24. The number of hydrogen-bond donors (Lipinski definition) is 0. The van der Waals surface area contributed by atoms with Gasteiger partial charge >= 0.3 is 6.18 Å². The maximum atomic E-state index is 12.8. The minimum absolute atomic E-state index is 0.321. The summed E-state index contributed by atoms with van der Waals surface area (Å²) in [5, 5.41) is 1.06. The third-order valence-electron chi connectivity index (χ3n) is 4.22. The minimum Gasteiger partial charge on any atom is -0.318 e. The van der Waals surface area contributed by atoms with Crippen molar-refractivity contribution < 1.29 is 13.2 Å². The number of hydrogen-bond acceptors (Lipinski definition) is 4. The molecule has 0 fully saturated rings. The first kappa shape index (κ1) is 19.4. The molecule has 3 nitrogen and oxygen atoms in total. The van der Waals surface area contributed by atoms with Gasteiger partial charge in [0.25, 0.3) is 5.56 Å². The number of anilines is 2. The summed E-state index contributed by atoms with van der Waals surface area (Å²) in [7, 11) is 0. The fourth-order valence-electron chi connectivity index (χ4n) is 3.01. The van der Waals surface area contributed by atoms with Crippen molar-refractivity contribution in [3.63, 3.8) is 0 Å². The van der Waals surface area contributed by atoms with Crippen LogP contribution in [0, 0.1) is 13.8 Å². The molecule has 1 heterocycles. The molecule has 3 rings (SSSR count). The van der Waals surface area contributed by atoms with Gasteiger partial charge in [-0.3, -0.25) is 4.79 Å². The number of nitrogens with zero attached hydrogens (tertiary/aromatic N) is 2. The summed E-state index contributed by atoms with van der Waals surface area (Å²) >= 11 is 1.38. The molecule has 0 spiro atoms. The molecule has 0 aliphatic carbocycles. The Morgan fingerprint density at radius 3 is 2.37 bits per heavy atom. The molecule has 0 amide bonds. The molecule has 0 aliphatic rings. The van der Waals surface area contributed by atoms with Crippen molar-refractivity contribution in [3.05, 3.63) is 63.4 Å². The van der Waals surface area contributed by atoms with Crippen molar-refractivity contribution in [1.82, 2.24) is 4.98 Å². The molecule has 0 saturated carbocycles. The molecule has 0 saturated heterocycles. The van der Waals surface area contributed by atoms with E-state index in [2.05, 4.69) is 4.98 Å². The van der Waals surface area contributed by atoms with Crippen LogP contribution >= 0.6 is 11.3 Å². The van der Waals surface area contributed by atoms with Crippen LogP contribution in [0.4, 0.5) is 24.0 Å². The molecule has 142 valence electrons. The zero-order chi connectivity index (χ0) is 19.8. The quantitative estimate of drug-likeness (QED) is 0.559. The van der Waals surface area contributed by atoms with Crippen LogP contribution in [0.3, 0.4) is 0 Å². The van der Waals surface area contributed by atoms with Crippen LogP contribution in [0.15, 0.2) is 41.2 Å². The molecule has 0 N–H and O–H groups in total. The largest absolute Gasteiger partial charge is 0.416 e. The minimum atomic E-state index is -4.38. The van der Waals surface area contributed by atoms with E-state index in [-0.39, 0.29) is 5.56 Å². The van der Waals surface area contributed by atoms with Gasteiger partial charge in [-0.15, -0.1) is 0 Å². The number of aryl methyl sites for hydroxylation is 2. The molecule has 2 aromatic carbocycles. The van der Waals surface area contributed by atoms with Gasteiger partial charge in [0.15, 0.2) is 5.13 Å². The standard InChI is InChI=1S/C20H19F3N2OS/c1-4-9-25(15-7-5-14(6-8-15)20(21,22)23)19-24-18(26)16-11-12(2)10-13(3)17(16)27-19/h5-8,10-11H,4,9H2,1-3H3. The highest BCUT2D eigenvalue weighted by atomic mass is 32.1. The van der Waals surface area contributed by atoms with Crippen molar-refractivity contribution in [3.8, 4) is 0 Å². The van der Waals surface area contributed by atoms with E-state index in [1.165, 1.54) is 23.5 Å². The summed E-state index contributed by atoms with van der Waals surface area (Å²) in [5.74, 6) is 0. The Morgan fingerprint density at radius 2 is 1.78 bits per heavy atom. The molecular weight excluding hydrogens is 373 g/mol. The number of fused-ring (bicyclic) bond motifs is 1. The van der Waals surface area contributed by atoms with E-state index in [1.807, 2.05) is 32.9 Å². The van der Waals surface area contributed by atoms with Crippen LogP contribution in [-0.2, 0) is 6.18 Å². The fourth-order valence-corrected chi connectivity index (χ4v) is 4.11. The lowest BCUT2D eigenvalue weighted by Crippen LogP contribution is -2.21. The average molecular weight is 392 g/mol. The van der Waals surface area contributed by atoms with Crippen LogP contribution in [-0.4, -0.2) is 11.5 Å². The van der Waals surface area contributed by atoms with Crippen molar-refractivity contribution in [2.24, 2.45) is 0 Å². The Bertz CT molecular complexity index is 1030. The highest BCUT2D eigenvalue weighted by molar-refractivity contribution is 7.22. The Labute approximate surface area is 159 Å². The highest BCUT2D eigenvalue weighted by Gasteiger charge is 2.30. The second kappa shape index (κ2) is 7.31. The molecule has 0 atom stereocenters. The van der Waals surface area contributed by atoms with Crippen LogP contribution in [0.2, 0.25) is 0 Å². The van der Waals surface area contributed by atoms with E-state index in [0.29, 0.717) is 22.7 Å². The van der Waals surface area contributed by atoms with Gasteiger partial charge in [0, 0.05) is 16.9 Å². The van der Waals surface area contributed by atoms with E-state index in [4.69, 9.17) is 0 Å². The first-order valence-corrected chi connectivity index (χ1v) is 9.39. The van der Waals surface area contributed by atoms with E-state index < -0.39 is 11.7 Å². The Morgan fingerprint density at radius 1 is 1.11 bits per heavy atom. The number of rotatable bonds is 4.